The summed E-state index contributed by atoms with van der Waals surface area (Å²) in [5, 5.41) is 0. The summed E-state index contributed by atoms with van der Waals surface area (Å²) in [6, 6.07) is 14.8. The van der Waals surface area contributed by atoms with Crippen molar-refractivity contribution in [3.8, 4) is 11.1 Å². The smallest absolute Gasteiger partial charge is 0.250 e. The van der Waals surface area contributed by atoms with Gasteiger partial charge >= 0.3 is 0 Å². The van der Waals surface area contributed by atoms with Crippen molar-refractivity contribution < 1.29 is 0 Å². The molecule has 5 nitrogen and oxygen atoms in total. The van der Waals surface area contributed by atoms with Gasteiger partial charge in [-0.3, -0.25) is 14.4 Å². The highest BCUT2D eigenvalue weighted by atomic mass is 16.2. The fourth-order valence-electron chi connectivity index (χ4n) is 4.63. The number of nitrogens with zero attached hydrogens (tertiary/aromatic N) is 2. The molecule has 0 aliphatic carbocycles. The van der Waals surface area contributed by atoms with Gasteiger partial charge in [0.25, 0.3) is 5.56 Å². The molecule has 1 fully saturated rings. The molecule has 1 saturated heterocycles. The largest absolute Gasteiger partial charge is 0.367 e. The van der Waals surface area contributed by atoms with Gasteiger partial charge in [-0.15, -0.1) is 0 Å². The van der Waals surface area contributed by atoms with Crippen molar-refractivity contribution in [2.75, 3.05) is 18.0 Å². The Morgan fingerprint density at radius 3 is 2.42 bits per heavy atom. The maximum atomic E-state index is 12.4. The Bertz CT molecular complexity index is 1120. The minimum absolute atomic E-state index is 0.0461. The van der Waals surface area contributed by atoms with Crippen LogP contribution in [0.1, 0.15) is 18.0 Å². The van der Waals surface area contributed by atoms with E-state index in [9.17, 15) is 14.4 Å². The number of piperidine rings is 1. The molecule has 2 aliphatic rings. The molecule has 0 amide bonds. The number of fused-ring (bicyclic) bond motifs is 4. The number of aromatic nitrogens is 1. The van der Waals surface area contributed by atoms with E-state index in [-0.39, 0.29) is 16.9 Å². The second-order valence-corrected chi connectivity index (χ2v) is 7.35. The molecule has 0 N–H and O–H groups in total. The zero-order valence-electron chi connectivity index (χ0n) is 14.2. The van der Waals surface area contributed by atoms with Crippen LogP contribution in [0.3, 0.4) is 0 Å². The number of hydrogen-bond acceptors (Lipinski definition) is 4. The van der Waals surface area contributed by atoms with Crippen LogP contribution in [-0.4, -0.2) is 17.7 Å². The first-order chi connectivity index (χ1) is 12.6. The summed E-state index contributed by atoms with van der Waals surface area (Å²) in [6.45, 7) is 2.06. The Labute approximate surface area is 149 Å². The van der Waals surface area contributed by atoms with Gasteiger partial charge in [0.15, 0.2) is 0 Å². The summed E-state index contributed by atoms with van der Waals surface area (Å²) in [6.07, 6.45) is 1.02. The molecule has 26 heavy (non-hydrogen) atoms. The molecule has 2 unspecified atom stereocenters. The van der Waals surface area contributed by atoms with E-state index in [1.165, 1.54) is 0 Å². The lowest BCUT2D eigenvalue weighted by atomic mass is 9.82. The molecule has 2 atom stereocenters. The number of benzene rings is 1. The van der Waals surface area contributed by atoms with Crippen molar-refractivity contribution in [3.05, 3.63) is 85.0 Å². The lowest BCUT2D eigenvalue weighted by Gasteiger charge is -2.44. The van der Waals surface area contributed by atoms with Crippen LogP contribution in [0.5, 0.6) is 0 Å². The van der Waals surface area contributed by atoms with E-state index in [0.717, 1.165) is 17.7 Å². The van der Waals surface area contributed by atoms with Crippen molar-refractivity contribution in [2.45, 2.75) is 18.9 Å². The van der Waals surface area contributed by atoms with Crippen LogP contribution in [0.25, 0.3) is 11.1 Å². The van der Waals surface area contributed by atoms with Gasteiger partial charge in [0, 0.05) is 37.3 Å². The quantitative estimate of drug-likeness (QED) is 0.663. The summed E-state index contributed by atoms with van der Waals surface area (Å²) >= 11 is 0. The zero-order chi connectivity index (χ0) is 17.8. The monoisotopic (exact) mass is 346 g/mol. The molecule has 130 valence electrons. The highest BCUT2D eigenvalue weighted by molar-refractivity contribution is 5.82. The summed E-state index contributed by atoms with van der Waals surface area (Å²) < 4.78 is 1.87. The van der Waals surface area contributed by atoms with Crippen LogP contribution in [0.15, 0.2) is 62.9 Å². The van der Waals surface area contributed by atoms with Crippen LogP contribution in [0, 0.1) is 5.92 Å². The molecule has 1 aromatic heterocycles. The molecule has 2 aromatic carbocycles. The molecular formula is C21H18N2O3. The van der Waals surface area contributed by atoms with Crippen LogP contribution < -0.4 is 21.3 Å². The molecule has 3 aromatic rings. The zero-order valence-corrected chi connectivity index (χ0v) is 14.2. The molecule has 0 radical (unpaired) electrons. The predicted octanol–water partition coefficient (Wildman–Crippen LogP) is 1.73. The van der Waals surface area contributed by atoms with Gasteiger partial charge in [-0.1, -0.05) is 36.4 Å². The normalized spacial score (nSPS) is 21.6. The number of rotatable bonds is 2. The first-order valence-corrected chi connectivity index (χ1v) is 8.97. The molecule has 2 bridgehead atoms. The van der Waals surface area contributed by atoms with Gasteiger partial charge in [-0.05, 0) is 24.0 Å². The van der Waals surface area contributed by atoms with Crippen molar-refractivity contribution in [2.24, 2.45) is 5.92 Å². The van der Waals surface area contributed by atoms with Gasteiger partial charge in [0.05, 0.1) is 5.56 Å². The number of hydrogen-bond donors (Lipinski definition) is 0. The van der Waals surface area contributed by atoms with Crippen molar-refractivity contribution in [1.82, 2.24) is 4.57 Å². The second kappa shape index (κ2) is 5.53. The third-order valence-electron chi connectivity index (χ3n) is 5.74. The number of pyridine rings is 1. The number of anilines is 1. The first-order valence-electron chi connectivity index (χ1n) is 8.97. The van der Waals surface area contributed by atoms with Gasteiger partial charge in [0.1, 0.15) is 5.69 Å². The van der Waals surface area contributed by atoms with E-state index in [1.807, 2.05) is 41.0 Å². The minimum Gasteiger partial charge on any atom is -0.367 e. The Hall–Kier alpha value is -2.95. The lowest BCUT2D eigenvalue weighted by molar-refractivity contribution is 0.281. The molecule has 0 saturated carbocycles. The first kappa shape index (κ1) is 15.3. The van der Waals surface area contributed by atoms with Gasteiger partial charge in [-0.2, -0.15) is 0 Å². The average Bonchev–Trinajstić information content (AvgIpc) is 2.66. The Morgan fingerprint density at radius 1 is 0.808 bits per heavy atom. The molecule has 5 heteroatoms. The average molecular weight is 346 g/mol. The Balaban J connectivity index is 1.55. The van der Waals surface area contributed by atoms with Crippen LogP contribution in [0.4, 0.5) is 5.69 Å². The Kier molecular flexibility index (Phi) is 3.26. The van der Waals surface area contributed by atoms with E-state index in [2.05, 4.69) is 4.90 Å². The standard InChI is InChI=1S/C21H18N2O3/c24-17-8-4-7-16-15-9-13(11-23(16)17)10-22(12-15)19-18(20(25)21(19)26)14-5-2-1-3-6-14/h1-8,13,15H,9-12H2. The summed E-state index contributed by atoms with van der Waals surface area (Å²) in [7, 11) is 0. The fourth-order valence-corrected chi connectivity index (χ4v) is 4.63. The maximum absolute atomic E-state index is 12.4. The molecule has 3 heterocycles. The van der Waals surface area contributed by atoms with Gasteiger partial charge in [-0.25, -0.2) is 0 Å². The molecule has 5 rings (SSSR count). The highest BCUT2D eigenvalue weighted by Crippen LogP contribution is 2.38. The van der Waals surface area contributed by atoms with Gasteiger partial charge in [0.2, 0.25) is 10.9 Å². The van der Waals surface area contributed by atoms with Crippen molar-refractivity contribution in [3.63, 3.8) is 0 Å². The minimum atomic E-state index is -0.390. The third kappa shape index (κ3) is 2.13. The molecular weight excluding hydrogens is 328 g/mol. The van der Waals surface area contributed by atoms with E-state index in [0.29, 0.717) is 36.8 Å². The molecule has 0 spiro atoms. The van der Waals surface area contributed by atoms with E-state index >= 15 is 0 Å². The van der Waals surface area contributed by atoms with E-state index < -0.39 is 5.43 Å². The van der Waals surface area contributed by atoms with Crippen molar-refractivity contribution >= 4 is 5.69 Å². The van der Waals surface area contributed by atoms with Crippen LogP contribution in [-0.2, 0) is 6.54 Å². The van der Waals surface area contributed by atoms with Gasteiger partial charge < -0.3 is 9.47 Å². The second-order valence-electron chi connectivity index (χ2n) is 7.35. The summed E-state index contributed by atoms with van der Waals surface area (Å²) in [5.41, 5.74) is 2.22. The Morgan fingerprint density at radius 2 is 1.62 bits per heavy atom. The maximum Gasteiger partial charge on any atom is 0.250 e. The topological polar surface area (TPSA) is 59.4 Å². The van der Waals surface area contributed by atoms with E-state index in [1.54, 1.807) is 12.1 Å². The SMILES string of the molecule is O=c1c(-c2ccccc2)c(N2CC3CC(C2)c2cccc(=O)n2C3)c1=O. The predicted molar refractivity (Wildman–Crippen MR) is 101 cm³/mol. The van der Waals surface area contributed by atoms with Crippen LogP contribution >= 0.6 is 0 Å². The van der Waals surface area contributed by atoms with Crippen molar-refractivity contribution in [1.29, 1.82) is 0 Å². The fraction of sp³-hybridized carbons (Fsp3) is 0.286. The van der Waals surface area contributed by atoms with E-state index in [4.69, 9.17) is 0 Å². The highest BCUT2D eigenvalue weighted by Gasteiger charge is 2.38. The lowest BCUT2D eigenvalue weighted by Crippen LogP contribution is -2.51. The van der Waals surface area contributed by atoms with Crippen LogP contribution in [0.2, 0.25) is 0 Å². The molecule has 2 aliphatic heterocycles. The summed E-state index contributed by atoms with van der Waals surface area (Å²) in [5.74, 6) is 0.527. The third-order valence-corrected chi connectivity index (χ3v) is 5.74. The summed E-state index contributed by atoms with van der Waals surface area (Å²) in [4.78, 5) is 38.8.